The van der Waals surface area contributed by atoms with Crippen LogP contribution in [-0.2, 0) is 4.74 Å². The molecule has 0 aromatic carbocycles. The molecule has 0 spiro atoms. The Morgan fingerprint density at radius 2 is 2.25 bits per heavy atom. The summed E-state index contributed by atoms with van der Waals surface area (Å²) in [6.07, 6.45) is 0.244. The van der Waals surface area contributed by atoms with E-state index in [1.807, 2.05) is 13.8 Å². The fourth-order valence-electron chi connectivity index (χ4n) is 0.220. The minimum atomic E-state index is 0.244. The van der Waals surface area contributed by atoms with Gasteiger partial charge in [-0.05, 0) is 0 Å². The summed E-state index contributed by atoms with van der Waals surface area (Å²) in [4.78, 5) is 0. The van der Waals surface area contributed by atoms with E-state index in [0.717, 1.165) is 24.3 Å². The van der Waals surface area contributed by atoms with E-state index in [1.165, 1.54) is 0 Å². The average molecular weight is 340 g/mol. The van der Waals surface area contributed by atoms with Crippen LogP contribution in [-0.4, -0.2) is 34.8 Å². The predicted octanol–water partition coefficient (Wildman–Crippen LogP) is 1.51. The Morgan fingerprint density at radius 1 is 1.75 bits per heavy atom. The summed E-state index contributed by atoms with van der Waals surface area (Å²) in [5, 5.41) is 0. The summed E-state index contributed by atoms with van der Waals surface area (Å²) >= 11 is 5.67. The first-order chi connectivity index (χ1) is 3.66. The second-order valence-corrected chi connectivity index (χ2v) is 5.52. The van der Waals surface area contributed by atoms with Gasteiger partial charge in [-0.25, -0.2) is 0 Å². The van der Waals surface area contributed by atoms with Gasteiger partial charge in [0.15, 0.2) is 0 Å². The molecule has 1 nitrogen and oxygen atoms in total. The zero-order chi connectivity index (χ0) is 6.57. The van der Waals surface area contributed by atoms with Gasteiger partial charge in [0.2, 0.25) is 0 Å². The third-order valence-electron chi connectivity index (χ3n) is 0.428. The molecule has 0 N–H and O–H groups in total. The van der Waals surface area contributed by atoms with Crippen molar-refractivity contribution in [3.8, 4) is 0 Å². The summed E-state index contributed by atoms with van der Waals surface area (Å²) in [6.45, 7) is 3.96. The van der Waals surface area contributed by atoms with Crippen molar-refractivity contribution >= 4 is 49.2 Å². The Morgan fingerprint density at radius 3 is 2.38 bits per heavy atom. The molecule has 0 aliphatic heterocycles. The molecule has 0 unspecified atom stereocenters. The van der Waals surface area contributed by atoms with Gasteiger partial charge in [0.05, 0.1) is 0 Å². The quantitative estimate of drug-likeness (QED) is 0.529. The molecule has 0 atom stereocenters. The van der Waals surface area contributed by atoms with Gasteiger partial charge in [-0.15, -0.1) is 0 Å². The van der Waals surface area contributed by atoms with E-state index < -0.39 is 0 Å². The first-order valence-corrected chi connectivity index (χ1v) is 9.02. The normalized spacial score (nSPS) is 9.25. The Bertz CT molecular complexity index is 84.1. The second-order valence-electron chi connectivity index (χ2n) is 1.53. The Kier molecular flexibility index (Phi) is 5.71. The van der Waals surface area contributed by atoms with Crippen LogP contribution in [0.15, 0.2) is 0 Å². The van der Waals surface area contributed by atoms with Gasteiger partial charge in [0, 0.05) is 0 Å². The summed E-state index contributed by atoms with van der Waals surface area (Å²) in [5.74, 6) is 0. The van der Waals surface area contributed by atoms with Crippen molar-refractivity contribution in [3.05, 3.63) is 0 Å². The van der Waals surface area contributed by atoms with Crippen LogP contribution in [0.2, 0.25) is 0 Å². The van der Waals surface area contributed by atoms with Gasteiger partial charge >= 0.3 is 73.9 Å². The number of thiocarbonyl (C=S) groups is 1. The van der Waals surface area contributed by atoms with E-state index in [1.54, 1.807) is 8.31 Å². The molecule has 0 fully saturated rings. The van der Waals surface area contributed by atoms with E-state index in [2.05, 4.69) is 0 Å². The summed E-state index contributed by atoms with van der Waals surface area (Å²) in [7, 11) is 1.63. The first-order valence-electron chi connectivity index (χ1n) is 2.24. The fraction of sp³-hybridized carbons (Fsp3) is 0.750. The molecule has 0 aromatic rings. The van der Waals surface area contributed by atoms with Crippen LogP contribution >= 0.6 is 20.5 Å². The molecule has 8 heavy (non-hydrogen) atoms. The van der Waals surface area contributed by atoms with Crippen LogP contribution in [0.5, 0.6) is 0 Å². The summed E-state index contributed by atoms with van der Waals surface area (Å²) in [6, 6.07) is 0. The van der Waals surface area contributed by atoms with Crippen molar-refractivity contribution < 1.29 is 4.74 Å². The maximum absolute atomic E-state index is 5.14. The Labute approximate surface area is 73.4 Å². The molecule has 0 saturated carbocycles. The van der Waals surface area contributed by atoms with E-state index in [0.29, 0.717) is 4.38 Å². The van der Waals surface area contributed by atoms with Gasteiger partial charge in [-0.3, -0.25) is 0 Å². The van der Waals surface area contributed by atoms with Crippen molar-refractivity contribution in [2.75, 3.05) is 0 Å². The maximum atomic E-state index is 5.14. The number of rotatable bonds is 1. The topological polar surface area (TPSA) is 9.23 Å². The zero-order valence-electron chi connectivity index (χ0n) is 4.88. The van der Waals surface area contributed by atoms with Gasteiger partial charge in [0.25, 0.3) is 0 Å². The molecule has 0 saturated heterocycles. The molecule has 4 heteroatoms. The van der Waals surface area contributed by atoms with Crippen molar-refractivity contribution in [1.82, 2.24) is 0 Å². The predicted molar refractivity (Wildman–Crippen MR) is 42.2 cm³/mol. The standard InChI is InChI=1S/C4H8OS2.Tl/c1-3(2)5-4(6)7;/h3H,1-2H3,(H,6,7);/q;+1/p-1. The molecule has 0 aliphatic carbocycles. The molecule has 0 rings (SSSR count). The van der Waals surface area contributed by atoms with Crippen LogP contribution in [0.1, 0.15) is 13.8 Å². The van der Waals surface area contributed by atoms with Crippen LogP contribution < -0.4 is 0 Å². The van der Waals surface area contributed by atoms with E-state index in [-0.39, 0.29) is 6.10 Å². The van der Waals surface area contributed by atoms with E-state index in [9.17, 15) is 0 Å². The van der Waals surface area contributed by atoms with Crippen LogP contribution in [0.25, 0.3) is 0 Å². The zero-order valence-corrected chi connectivity index (χ0v) is 11.0. The number of hydrogen-bond donors (Lipinski definition) is 0. The van der Waals surface area contributed by atoms with Crippen LogP contribution in [0, 0.1) is 0 Å². The van der Waals surface area contributed by atoms with Crippen molar-refractivity contribution in [2.24, 2.45) is 0 Å². The molecule has 0 heterocycles. The molecule has 0 bridgehead atoms. The Balaban J connectivity index is 3.25. The van der Waals surface area contributed by atoms with Crippen LogP contribution in [0.4, 0.5) is 0 Å². The molecular formula is C4H7OS2Tl. The van der Waals surface area contributed by atoms with E-state index >= 15 is 0 Å². The van der Waals surface area contributed by atoms with Gasteiger partial charge in [-0.2, -0.15) is 0 Å². The van der Waals surface area contributed by atoms with Crippen LogP contribution in [0.3, 0.4) is 0 Å². The van der Waals surface area contributed by atoms with Crippen molar-refractivity contribution in [1.29, 1.82) is 0 Å². The molecule has 44 valence electrons. The van der Waals surface area contributed by atoms with E-state index in [4.69, 9.17) is 17.0 Å². The Hall–Kier alpha value is 1.16. The molecule has 0 radical (unpaired) electrons. The third kappa shape index (κ3) is 5.30. The van der Waals surface area contributed by atoms with Gasteiger partial charge in [-0.1, -0.05) is 0 Å². The second kappa shape index (κ2) is 4.99. The molecule has 0 amide bonds. The monoisotopic (exact) mass is 340 g/mol. The molecular weight excluding hydrogens is 333 g/mol. The van der Waals surface area contributed by atoms with Crippen molar-refractivity contribution in [2.45, 2.75) is 20.0 Å². The number of hydrogen-bond acceptors (Lipinski definition) is 3. The minimum absolute atomic E-state index is 0.244. The fourth-order valence-corrected chi connectivity index (χ4v) is 1.31. The average Bonchev–Trinajstić information content (AvgIpc) is 1.65. The SMILES string of the molecule is CC(C)OC(=S)[S][Tl]. The third-order valence-corrected chi connectivity index (χ3v) is 5.59. The number of ether oxygens (including phenoxy) is 1. The molecule has 0 aromatic heterocycles. The first kappa shape index (κ1) is 9.16. The summed E-state index contributed by atoms with van der Waals surface area (Å²) in [5.41, 5.74) is 0. The van der Waals surface area contributed by atoms with Gasteiger partial charge in [0.1, 0.15) is 0 Å². The van der Waals surface area contributed by atoms with Crippen molar-refractivity contribution in [3.63, 3.8) is 0 Å². The van der Waals surface area contributed by atoms with Gasteiger partial charge < -0.3 is 0 Å². The molecule has 0 aliphatic rings. The summed E-state index contributed by atoms with van der Waals surface area (Å²) < 4.78 is 5.83.